The van der Waals surface area contributed by atoms with E-state index in [1.807, 2.05) is 39.9 Å². The third-order valence-electron chi connectivity index (χ3n) is 3.66. The predicted octanol–water partition coefficient (Wildman–Crippen LogP) is 1.31. The fraction of sp³-hybridized carbons (Fsp3) is 0.333. The van der Waals surface area contributed by atoms with Crippen LogP contribution in [0.15, 0.2) is 43.0 Å². The van der Waals surface area contributed by atoms with Gasteiger partial charge < -0.3 is 14.8 Å². The molecule has 3 rings (SSSR count). The first-order valence-electron chi connectivity index (χ1n) is 6.86. The number of hydrogen-bond donors (Lipinski definition) is 1. The topological polar surface area (TPSA) is 50.2 Å². The van der Waals surface area contributed by atoms with Crippen LogP contribution in [-0.4, -0.2) is 46.0 Å². The van der Waals surface area contributed by atoms with E-state index in [1.165, 1.54) is 0 Å². The van der Waals surface area contributed by atoms with E-state index < -0.39 is 0 Å². The molecule has 1 aromatic heterocycles. The van der Waals surface area contributed by atoms with Gasteiger partial charge in [0.15, 0.2) is 0 Å². The summed E-state index contributed by atoms with van der Waals surface area (Å²) in [6, 6.07) is 7.90. The Morgan fingerprint density at radius 3 is 3.10 bits per heavy atom. The average molecular weight is 270 g/mol. The van der Waals surface area contributed by atoms with E-state index in [-0.39, 0.29) is 11.9 Å². The molecule has 1 aromatic carbocycles. The summed E-state index contributed by atoms with van der Waals surface area (Å²) in [5.41, 5.74) is 1.68. The van der Waals surface area contributed by atoms with Crippen LogP contribution in [0.4, 0.5) is 0 Å². The molecule has 5 heteroatoms. The molecule has 1 unspecified atom stereocenters. The Morgan fingerprint density at radius 2 is 2.35 bits per heavy atom. The molecule has 0 bridgehead atoms. The maximum absolute atomic E-state index is 12.6. The van der Waals surface area contributed by atoms with Gasteiger partial charge in [0.25, 0.3) is 5.91 Å². The van der Waals surface area contributed by atoms with Gasteiger partial charge in [0.05, 0.1) is 6.33 Å². The molecule has 2 heterocycles. The lowest BCUT2D eigenvalue weighted by atomic mass is 10.1. The summed E-state index contributed by atoms with van der Waals surface area (Å²) in [6.07, 6.45) is 5.33. The normalized spacial score (nSPS) is 19.1. The minimum absolute atomic E-state index is 0.0981. The molecule has 0 aliphatic carbocycles. The standard InChI is InChI=1S/C15H18N4O/c1-12-10-16-6-8-19(12)15(20)13-3-2-4-14(9-13)18-7-5-17-11-18/h2-5,7,9,11-12,16H,6,8,10H2,1H3. The summed E-state index contributed by atoms with van der Waals surface area (Å²) in [4.78, 5) is 18.6. The molecule has 1 saturated heterocycles. The molecule has 1 aliphatic heterocycles. The lowest BCUT2D eigenvalue weighted by molar-refractivity contribution is 0.0655. The van der Waals surface area contributed by atoms with Crippen LogP contribution in [-0.2, 0) is 0 Å². The van der Waals surface area contributed by atoms with Gasteiger partial charge >= 0.3 is 0 Å². The number of nitrogens with one attached hydrogen (secondary N) is 1. The first-order valence-corrected chi connectivity index (χ1v) is 6.86. The quantitative estimate of drug-likeness (QED) is 0.895. The fourth-order valence-corrected chi connectivity index (χ4v) is 2.52. The highest BCUT2D eigenvalue weighted by molar-refractivity contribution is 5.95. The molecule has 0 saturated carbocycles. The molecule has 0 radical (unpaired) electrons. The van der Waals surface area contributed by atoms with E-state index in [4.69, 9.17) is 0 Å². The molecular weight excluding hydrogens is 252 g/mol. The van der Waals surface area contributed by atoms with Crippen LogP contribution in [0.1, 0.15) is 17.3 Å². The van der Waals surface area contributed by atoms with Crippen molar-refractivity contribution in [2.45, 2.75) is 13.0 Å². The van der Waals surface area contributed by atoms with E-state index in [2.05, 4.69) is 17.2 Å². The minimum Gasteiger partial charge on any atom is -0.333 e. The summed E-state index contributed by atoms with van der Waals surface area (Å²) < 4.78 is 1.90. The summed E-state index contributed by atoms with van der Waals surface area (Å²) >= 11 is 0. The summed E-state index contributed by atoms with van der Waals surface area (Å²) in [7, 11) is 0. The number of imidazole rings is 1. The molecule has 1 atom stereocenters. The molecule has 20 heavy (non-hydrogen) atoms. The molecule has 0 spiro atoms. The highest BCUT2D eigenvalue weighted by Gasteiger charge is 2.24. The Hall–Kier alpha value is -2.14. The van der Waals surface area contributed by atoms with Crippen molar-refractivity contribution in [1.29, 1.82) is 0 Å². The highest BCUT2D eigenvalue weighted by atomic mass is 16.2. The van der Waals surface area contributed by atoms with Gasteiger partial charge in [0.2, 0.25) is 0 Å². The van der Waals surface area contributed by atoms with Crippen molar-refractivity contribution in [2.75, 3.05) is 19.6 Å². The number of carbonyl (C=O) groups excluding carboxylic acids is 1. The molecule has 1 aliphatic rings. The maximum Gasteiger partial charge on any atom is 0.254 e. The molecule has 2 aromatic rings. The Balaban J connectivity index is 1.86. The van der Waals surface area contributed by atoms with Gasteiger partial charge in [-0.2, -0.15) is 0 Å². The number of rotatable bonds is 2. The number of amides is 1. The second-order valence-corrected chi connectivity index (χ2v) is 5.07. The van der Waals surface area contributed by atoms with Gasteiger partial charge in [-0.15, -0.1) is 0 Å². The van der Waals surface area contributed by atoms with E-state index >= 15 is 0 Å². The first kappa shape index (κ1) is 12.9. The second-order valence-electron chi connectivity index (χ2n) is 5.07. The second kappa shape index (κ2) is 5.46. The van der Waals surface area contributed by atoms with E-state index in [9.17, 15) is 4.79 Å². The first-order chi connectivity index (χ1) is 9.75. The monoisotopic (exact) mass is 270 g/mol. The lowest BCUT2D eigenvalue weighted by Crippen LogP contribution is -2.52. The third kappa shape index (κ3) is 2.44. The summed E-state index contributed by atoms with van der Waals surface area (Å²) in [5.74, 6) is 0.0981. The summed E-state index contributed by atoms with van der Waals surface area (Å²) in [5, 5.41) is 3.30. The smallest absolute Gasteiger partial charge is 0.254 e. The Labute approximate surface area is 118 Å². The van der Waals surface area contributed by atoms with Crippen LogP contribution in [0.3, 0.4) is 0 Å². The number of aromatic nitrogens is 2. The zero-order valence-corrected chi connectivity index (χ0v) is 11.5. The molecular formula is C15H18N4O. The van der Waals surface area contributed by atoms with Crippen LogP contribution in [0, 0.1) is 0 Å². The van der Waals surface area contributed by atoms with Crippen LogP contribution in [0.5, 0.6) is 0 Å². The zero-order chi connectivity index (χ0) is 13.9. The summed E-state index contributed by atoms with van der Waals surface area (Å²) in [6.45, 7) is 4.54. The predicted molar refractivity (Wildman–Crippen MR) is 76.9 cm³/mol. The van der Waals surface area contributed by atoms with Crippen LogP contribution >= 0.6 is 0 Å². The largest absolute Gasteiger partial charge is 0.333 e. The number of carbonyl (C=O) groups is 1. The van der Waals surface area contributed by atoms with Gasteiger partial charge in [-0.05, 0) is 25.1 Å². The minimum atomic E-state index is 0.0981. The molecule has 5 nitrogen and oxygen atoms in total. The zero-order valence-electron chi connectivity index (χ0n) is 11.5. The fourth-order valence-electron chi connectivity index (χ4n) is 2.52. The lowest BCUT2D eigenvalue weighted by Gasteiger charge is -2.34. The average Bonchev–Trinajstić information content (AvgIpc) is 3.01. The molecule has 1 fully saturated rings. The van der Waals surface area contributed by atoms with Gasteiger partial charge in [-0.3, -0.25) is 4.79 Å². The number of benzene rings is 1. The van der Waals surface area contributed by atoms with Crippen molar-refractivity contribution in [3.8, 4) is 5.69 Å². The van der Waals surface area contributed by atoms with E-state index in [0.717, 1.165) is 30.9 Å². The maximum atomic E-state index is 12.6. The van der Waals surface area contributed by atoms with Crippen molar-refractivity contribution in [1.82, 2.24) is 19.8 Å². The SMILES string of the molecule is CC1CNCCN1C(=O)c1cccc(-n2ccnc2)c1. The van der Waals surface area contributed by atoms with Gasteiger partial charge in [0, 0.05) is 49.3 Å². The Bertz CT molecular complexity index is 594. The van der Waals surface area contributed by atoms with E-state index in [0.29, 0.717) is 0 Å². The van der Waals surface area contributed by atoms with E-state index in [1.54, 1.807) is 12.5 Å². The number of nitrogens with zero attached hydrogens (tertiary/aromatic N) is 3. The highest BCUT2D eigenvalue weighted by Crippen LogP contribution is 2.14. The number of piperazine rings is 1. The van der Waals surface area contributed by atoms with Crippen molar-refractivity contribution >= 4 is 5.91 Å². The van der Waals surface area contributed by atoms with Crippen LogP contribution < -0.4 is 5.32 Å². The van der Waals surface area contributed by atoms with Crippen molar-refractivity contribution in [3.05, 3.63) is 48.5 Å². The van der Waals surface area contributed by atoms with Gasteiger partial charge in [-0.25, -0.2) is 4.98 Å². The van der Waals surface area contributed by atoms with Crippen LogP contribution in [0.25, 0.3) is 5.69 Å². The van der Waals surface area contributed by atoms with Crippen molar-refractivity contribution < 1.29 is 4.79 Å². The van der Waals surface area contributed by atoms with Gasteiger partial charge in [-0.1, -0.05) is 6.07 Å². The molecule has 1 N–H and O–H groups in total. The van der Waals surface area contributed by atoms with Crippen LogP contribution in [0.2, 0.25) is 0 Å². The Morgan fingerprint density at radius 1 is 1.45 bits per heavy atom. The van der Waals surface area contributed by atoms with Crippen molar-refractivity contribution in [2.24, 2.45) is 0 Å². The number of hydrogen-bond acceptors (Lipinski definition) is 3. The molecule has 104 valence electrons. The van der Waals surface area contributed by atoms with Gasteiger partial charge in [0.1, 0.15) is 0 Å². The third-order valence-corrected chi connectivity index (χ3v) is 3.66. The van der Waals surface area contributed by atoms with Crippen molar-refractivity contribution in [3.63, 3.8) is 0 Å². The molecule has 1 amide bonds. The Kier molecular flexibility index (Phi) is 3.52.